The van der Waals surface area contributed by atoms with Crippen molar-refractivity contribution < 1.29 is 4.74 Å². The molecule has 0 aromatic heterocycles. The molecule has 0 heterocycles. The topological polar surface area (TPSA) is 9.23 Å². The fourth-order valence-electron chi connectivity index (χ4n) is 1.46. The monoisotopic (exact) mass is 238 g/mol. The highest BCUT2D eigenvalue weighted by atomic mass is 35.5. The Morgan fingerprint density at radius 1 is 1.44 bits per heavy atom. The van der Waals surface area contributed by atoms with Gasteiger partial charge in [0.15, 0.2) is 0 Å². The Balaban J connectivity index is 2.75. The van der Waals surface area contributed by atoms with E-state index in [4.69, 9.17) is 16.3 Å². The summed E-state index contributed by atoms with van der Waals surface area (Å²) in [6.45, 7) is 8.71. The van der Waals surface area contributed by atoms with E-state index in [1.165, 1.54) is 5.56 Å². The van der Waals surface area contributed by atoms with Crippen molar-refractivity contribution in [3.8, 4) is 5.75 Å². The van der Waals surface area contributed by atoms with Gasteiger partial charge in [-0.3, -0.25) is 0 Å². The van der Waals surface area contributed by atoms with E-state index in [1.54, 1.807) is 0 Å². The minimum Gasteiger partial charge on any atom is -0.489 e. The smallest absolute Gasteiger partial charge is 0.123 e. The van der Waals surface area contributed by atoms with Crippen LogP contribution in [0.4, 0.5) is 0 Å². The Hall–Kier alpha value is -0.950. The molecule has 16 heavy (non-hydrogen) atoms. The molecule has 0 fully saturated rings. The molecular weight excluding hydrogens is 220 g/mol. The van der Waals surface area contributed by atoms with Crippen LogP contribution in [0.1, 0.15) is 31.7 Å². The number of alkyl halides is 1. The number of rotatable bonds is 6. The van der Waals surface area contributed by atoms with Gasteiger partial charge >= 0.3 is 0 Å². The highest BCUT2D eigenvalue weighted by Gasteiger charge is 2.09. The van der Waals surface area contributed by atoms with E-state index >= 15 is 0 Å². The van der Waals surface area contributed by atoms with Gasteiger partial charge in [0, 0.05) is 5.88 Å². The predicted octanol–water partition coefficient (Wildman–Crippen LogP) is 4.37. The van der Waals surface area contributed by atoms with Crippen molar-refractivity contribution in [2.75, 3.05) is 12.5 Å². The standard InChI is InChI=1S/C14H19ClO/c1-4-12(3)13-7-5-6-8-14(13)16-10-11(2)9-15/h5-8,12H,2,4,9-10H2,1,3H3. The van der Waals surface area contributed by atoms with Crippen LogP contribution in [0.3, 0.4) is 0 Å². The first-order valence-corrected chi connectivity index (χ1v) is 6.16. The summed E-state index contributed by atoms with van der Waals surface area (Å²) >= 11 is 5.67. The zero-order valence-corrected chi connectivity index (χ0v) is 10.8. The summed E-state index contributed by atoms with van der Waals surface area (Å²) in [4.78, 5) is 0. The fraction of sp³-hybridized carbons (Fsp3) is 0.429. The SMILES string of the molecule is C=C(CCl)COc1ccccc1C(C)CC. The van der Waals surface area contributed by atoms with Crippen LogP contribution in [0, 0.1) is 0 Å². The molecule has 0 bridgehead atoms. The third-order valence-electron chi connectivity index (χ3n) is 2.68. The maximum Gasteiger partial charge on any atom is 0.123 e. The minimum atomic E-state index is 0.450. The second-order valence-electron chi connectivity index (χ2n) is 4.02. The Bertz CT molecular complexity index is 346. The van der Waals surface area contributed by atoms with Crippen LogP contribution < -0.4 is 4.74 Å². The van der Waals surface area contributed by atoms with Gasteiger partial charge in [-0.15, -0.1) is 11.6 Å². The molecule has 1 atom stereocenters. The Labute approximate surface area is 103 Å². The molecule has 2 heteroatoms. The molecule has 0 aliphatic heterocycles. The van der Waals surface area contributed by atoms with Crippen LogP contribution >= 0.6 is 11.6 Å². The van der Waals surface area contributed by atoms with Crippen LogP contribution in [0.25, 0.3) is 0 Å². The molecule has 0 amide bonds. The second-order valence-corrected chi connectivity index (χ2v) is 4.29. The molecule has 1 unspecified atom stereocenters. The first-order chi connectivity index (χ1) is 7.69. The lowest BCUT2D eigenvalue weighted by Gasteiger charge is -2.15. The van der Waals surface area contributed by atoms with Crippen molar-refractivity contribution in [1.29, 1.82) is 0 Å². The van der Waals surface area contributed by atoms with Crippen molar-refractivity contribution in [3.63, 3.8) is 0 Å². The molecule has 0 aliphatic carbocycles. The number of para-hydroxylation sites is 1. The van der Waals surface area contributed by atoms with Crippen LogP contribution in [0.15, 0.2) is 36.4 Å². The molecule has 1 aromatic rings. The molecule has 1 rings (SSSR count). The summed E-state index contributed by atoms with van der Waals surface area (Å²) in [5.41, 5.74) is 2.16. The van der Waals surface area contributed by atoms with Crippen LogP contribution in [-0.2, 0) is 0 Å². The zero-order chi connectivity index (χ0) is 12.0. The maximum atomic E-state index is 5.73. The van der Waals surface area contributed by atoms with Gasteiger partial charge in [-0.25, -0.2) is 0 Å². The zero-order valence-electron chi connectivity index (χ0n) is 10.0. The van der Waals surface area contributed by atoms with Crippen molar-refractivity contribution in [3.05, 3.63) is 42.0 Å². The van der Waals surface area contributed by atoms with Gasteiger partial charge < -0.3 is 4.74 Å². The Kier molecular flexibility index (Phi) is 5.41. The van der Waals surface area contributed by atoms with E-state index in [9.17, 15) is 0 Å². The van der Waals surface area contributed by atoms with Crippen molar-refractivity contribution in [2.24, 2.45) is 0 Å². The predicted molar refractivity (Wildman–Crippen MR) is 70.5 cm³/mol. The number of hydrogen-bond donors (Lipinski definition) is 0. The van der Waals surface area contributed by atoms with E-state index < -0.39 is 0 Å². The lowest BCUT2D eigenvalue weighted by Crippen LogP contribution is -2.04. The molecule has 0 radical (unpaired) electrons. The molecule has 0 spiro atoms. The lowest BCUT2D eigenvalue weighted by molar-refractivity contribution is 0.347. The van der Waals surface area contributed by atoms with Gasteiger partial charge in [0.25, 0.3) is 0 Å². The van der Waals surface area contributed by atoms with Crippen molar-refractivity contribution in [2.45, 2.75) is 26.2 Å². The summed E-state index contributed by atoms with van der Waals surface area (Å²) in [6, 6.07) is 8.16. The molecule has 0 saturated carbocycles. The van der Waals surface area contributed by atoms with E-state index in [0.717, 1.165) is 17.7 Å². The molecule has 1 nitrogen and oxygen atoms in total. The van der Waals surface area contributed by atoms with Crippen LogP contribution in [0.5, 0.6) is 5.75 Å². The van der Waals surface area contributed by atoms with Gasteiger partial charge in [0.2, 0.25) is 0 Å². The number of halogens is 1. The normalized spacial score (nSPS) is 12.2. The van der Waals surface area contributed by atoms with Gasteiger partial charge in [0.05, 0.1) is 0 Å². The summed E-state index contributed by atoms with van der Waals surface area (Å²) < 4.78 is 5.73. The largest absolute Gasteiger partial charge is 0.489 e. The van der Waals surface area contributed by atoms with E-state index in [0.29, 0.717) is 18.4 Å². The summed E-state index contributed by atoms with van der Waals surface area (Å²) in [7, 11) is 0. The molecule has 0 N–H and O–H groups in total. The van der Waals surface area contributed by atoms with E-state index in [-0.39, 0.29) is 0 Å². The third kappa shape index (κ3) is 3.57. The third-order valence-corrected chi connectivity index (χ3v) is 3.06. The number of benzene rings is 1. The highest BCUT2D eigenvalue weighted by molar-refractivity contribution is 6.19. The van der Waals surface area contributed by atoms with Crippen molar-refractivity contribution >= 4 is 11.6 Å². The van der Waals surface area contributed by atoms with Gasteiger partial charge in [0.1, 0.15) is 12.4 Å². The van der Waals surface area contributed by atoms with Gasteiger partial charge in [-0.2, -0.15) is 0 Å². The fourth-order valence-corrected chi connectivity index (χ4v) is 1.53. The number of hydrogen-bond acceptors (Lipinski definition) is 1. The summed E-state index contributed by atoms with van der Waals surface area (Å²) in [5.74, 6) is 1.91. The summed E-state index contributed by atoms with van der Waals surface area (Å²) in [5, 5.41) is 0. The van der Waals surface area contributed by atoms with Crippen LogP contribution in [0.2, 0.25) is 0 Å². The lowest BCUT2D eigenvalue weighted by atomic mass is 9.98. The van der Waals surface area contributed by atoms with Crippen LogP contribution in [-0.4, -0.2) is 12.5 Å². The molecular formula is C14H19ClO. The first-order valence-electron chi connectivity index (χ1n) is 5.63. The number of ether oxygens (including phenoxy) is 1. The Morgan fingerprint density at radius 2 is 2.12 bits per heavy atom. The van der Waals surface area contributed by atoms with Gasteiger partial charge in [-0.05, 0) is 29.5 Å². The minimum absolute atomic E-state index is 0.450. The highest BCUT2D eigenvalue weighted by Crippen LogP contribution is 2.28. The Morgan fingerprint density at radius 3 is 2.75 bits per heavy atom. The average Bonchev–Trinajstić information content (AvgIpc) is 2.35. The molecule has 88 valence electrons. The quantitative estimate of drug-likeness (QED) is 0.528. The first kappa shape index (κ1) is 13.1. The molecule has 0 saturated heterocycles. The van der Waals surface area contributed by atoms with E-state index in [1.807, 2.05) is 18.2 Å². The van der Waals surface area contributed by atoms with Crippen molar-refractivity contribution in [1.82, 2.24) is 0 Å². The molecule has 1 aromatic carbocycles. The summed E-state index contributed by atoms with van der Waals surface area (Å²) in [6.07, 6.45) is 1.11. The van der Waals surface area contributed by atoms with Gasteiger partial charge in [-0.1, -0.05) is 38.6 Å². The average molecular weight is 239 g/mol. The molecule has 0 aliphatic rings. The second kappa shape index (κ2) is 6.59. The maximum absolute atomic E-state index is 5.73. The van der Waals surface area contributed by atoms with E-state index in [2.05, 4.69) is 26.5 Å².